The summed E-state index contributed by atoms with van der Waals surface area (Å²) in [6, 6.07) is 21.1. The lowest BCUT2D eigenvalue weighted by Gasteiger charge is -2.21. The molecule has 3 aromatic rings. The van der Waals surface area contributed by atoms with Gasteiger partial charge in [0.1, 0.15) is 5.75 Å². The van der Waals surface area contributed by atoms with Crippen molar-refractivity contribution in [2.75, 3.05) is 31.0 Å². The second-order valence-corrected chi connectivity index (χ2v) is 7.45. The molecule has 0 atom stereocenters. The number of halogens is 1. The lowest BCUT2D eigenvalue weighted by Crippen LogP contribution is -2.14. The third kappa shape index (κ3) is 3.47. The van der Waals surface area contributed by atoms with E-state index in [2.05, 4.69) is 0 Å². The van der Waals surface area contributed by atoms with Crippen molar-refractivity contribution >= 4 is 40.5 Å². The standard InChI is InChI=1S/C24H21ClN2O2/c1-26(2)19-11-9-16(23(15-19)29-3)13-22-24(28)20-12-10-17(25)14-21(20)27(22)18-7-5-4-6-8-18/h4-15H,1-3H3. The molecule has 0 aliphatic carbocycles. The Labute approximate surface area is 175 Å². The number of anilines is 3. The van der Waals surface area contributed by atoms with Gasteiger partial charge in [0.05, 0.1) is 18.5 Å². The molecule has 0 spiro atoms. The van der Waals surface area contributed by atoms with Crippen LogP contribution in [0.2, 0.25) is 5.02 Å². The molecule has 0 saturated carbocycles. The Hall–Kier alpha value is -3.24. The van der Waals surface area contributed by atoms with Crippen molar-refractivity contribution in [2.45, 2.75) is 0 Å². The highest BCUT2D eigenvalue weighted by Crippen LogP contribution is 2.43. The summed E-state index contributed by atoms with van der Waals surface area (Å²) in [5.41, 5.74) is 4.73. The third-order valence-corrected chi connectivity index (χ3v) is 5.19. The number of Topliss-reactive ketones (excluding diaryl/α,β-unsaturated/α-hetero) is 1. The Bertz CT molecular complexity index is 1110. The van der Waals surface area contributed by atoms with Gasteiger partial charge in [-0.25, -0.2) is 0 Å². The third-order valence-electron chi connectivity index (χ3n) is 4.96. The number of hydrogen-bond acceptors (Lipinski definition) is 4. The smallest absolute Gasteiger partial charge is 0.211 e. The number of nitrogens with zero attached hydrogens (tertiary/aromatic N) is 2. The van der Waals surface area contributed by atoms with Gasteiger partial charge in [0.25, 0.3) is 0 Å². The molecule has 0 bridgehead atoms. The van der Waals surface area contributed by atoms with Gasteiger partial charge >= 0.3 is 0 Å². The van der Waals surface area contributed by atoms with E-state index in [1.54, 1.807) is 19.2 Å². The molecule has 0 amide bonds. The van der Waals surface area contributed by atoms with Crippen molar-refractivity contribution in [2.24, 2.45) is 0 Å². The van der Waals surface area contributed by atoms with Gasteiger partial charge in [-0.05, 0) is 48.5 Å². The Morgan fingerprint density at radius 3 is 2.45 bits per heavy atom. The maximum absolute atomic E-state index is 13.3. The van der Waals surface area contributed by atoms with Crippen molar-refractivity contribution in [3.63, 3.8) is 0 Å². The molecular formula is C24H21ClN2O2. The summed E-state index contributed by atoms with van der Waals surface area (Å²) in [6.07, 6.45) is 1.88. The fourth-order valence-electron chi connectivity index (χ4n) is 3.48. The Balaban J connectivity index is 1.89. The van der Waals surface area contributed by atoms with E-state index in [9.17, 15) is 4.79 Å². The van der Waals surface area contributed by atoms with Crippen LogP contribution in [0.3, 0.4) is 0 Å². The van der Waals surface area contributed by atoms with Crippen molar-refractivity contribution in [1.82, 2.24) is 0 Å². The second-order valence-electron chi connectivity index (χ2n) is 7.01. The number of para-hydroxylation sites is 1. The van der Waals surface area contributed by atoms with Crippen molar-refractivity contribution in [3.8, 4) is 5.75 Å². The molecule has 1 aliphatic heterocycles. The molecule has 0 saturated heterocycles. The number of allylic oxidation sites excluding steroid dienone is 1. The average Bonchev–Trinajstić information content (AvgIpc) is 2.99. The summed E-state index contributed by atoms with van der Waals surface area (Å²) in [6.45, 7) is 0. The number of ketones is 1. The van der Waals surface area contributed by atoms with Crippen LogP contribution in [0.1, 0.15) is 15.9 Å². The Kier molecular flexibility index (Phi) is 5.03. The number of ether oxygens (including phenoxy) is 1. The summed E-state index contributed by atoms with van der Waals surface area (Å²) >= 11 is 6.24. The van der Waals surface area contributed by atoms with Crippen LogP contribution in [-0.4, -0.2) is 27.0 Å². The van der Waals surface area contributed by atoms with Gasteiger partial charge in [-0.2, -0.15) is 0 Å². The second kappa shape index (κ2) is 7.64. The van der Waals surface area contributed by atoms with Gasteiger partial charge in [-0.15, -0.1) is 0 Å². The van der Waals surface area contributed by atoms with Crippen molar-refractivity contribution in [1.29, 1.82) is 0 Å². The first kappa shape index (κ1) is 19.1. The van der Waals surface area contributed by atoms with Gasteiger partial charge in [0.2, 0.25) is 5.78 Å². The summed E-state index contributed by atoms with van der Waals surface area (Å²) < 4.78 is 5.60. The Morgan fingerprint density at radius 2 is 1.76 bits per heavy atom. The number of rotatable bonds is 4. The van der Waals surface area contributed by atoms with Gasteiger partial charge in [-0.3, -0.25) is 4.79 Å². The number of methoxy groups -OCH3 is 1. The van der Waals surface area contributed by atoms with E-state index in [4.69, 9.17) is 16.3 Å². The zero-order valence-corrected chi connectivity index (χ0v) is 17.3. The summed E-state index contributed by atoms with van der Waals surface area (Å²) in [5.74, 6) is 0.665. The maximum atomic E-state index is 13.3. The first-order valence-electron chi connectivity index (χ1n) is 9.26. The number of fused-ring (bicyclic) bond motifs is 1. The van der Waals surface area contributed by atoms with Crippen LogP contribution in [0, 0.1) is 0 Å². The zero-order chi connectivity index (χ0) is 20.5. The van der Waals surface area contributed by atoms with E-state index >= 15 is 0 Å². The van der Waals surface area contributed by atoms with Crippen LogP contribution in [-0.2, 0) is 0 Å². The predicted molar refractivity (Wildman–Crippen MR) is 120 cm³/mol. The fourth-order valence-corrected chi connectivity index (χ4v) is 3.65. The molecular weight excluding hydrogens is 384 g/mol. The van der Waals surface area contributed by atoms with E-state index in [1.165, 1.54) is 0 Å². The average molecular weight is 405 g/mol. The minimum atomic E-state index is -0.0424. The summed E-state index contributed by atoms with van der Waals surface area (Å²) in [7, 11) is 5.59. The van der Waals surface area contributed by atoms with E-state index in [-0.39, 0.29) is 5.78 Å². The summed E-state index contributed by atoms with van der Waals surface area (Å²) in [5, 5.41) is 0.589. The van der Waals surface area contributed by atoms with E-state index in [0.29, 0.717) is 22.0 Å². The quantitative estimate of drug-likeness (QED) is 0.515. The normalized spacial score (nSPS) is 14.3. The minimum absolute atomic E-state index is 0.0424. The van der Waals surface area contributed by atoms with Crippen LogP contribution in [0.15, 0.2) is 72.4 Å². The van der Waals surface area contributed by atoms with E-state index in [1.807, 2.05) is 84.6 Å². The number of carbonyl (C=O) groups is 1. The molecule has 0 fully saturated rings. The van der Waals surface area contributed by atoms with Gasteiger partial charge in [-0.1, -0.05) is 29.8 Å². The Morgan fingerprint density at radius 1 is 1.00 bits per heavy atom. The molecule has 0 radical (unpaired) electrons. The lowest BCUT2D eigenvalue weighted by molar-refractivity contribution is 0.104. The highest BCUT2D eigenvalue weighted by Gasteiger charge is 2.33. The van der Waals surface area contributed by atoms with Gasteiger partial charge in [0.15, 0.2) is 0 Å². The molecule has 0 N–H and O–H groups in total. The molecule has 1 heterocycles. The minimum Gasteiger partial charge on any atom is -0.496 e. The lowest BCUT2D eigenvalue weighted by atomic mass is 10.1. The van der Waals surface area contributed by atoms with Gasteiger partial charge < -0.3 is 14.5 Å². The van der Waals surface area contributed by atoms with Crippen molar-refractivity contribution in [3.05, 3.63) is 88.6 Å². The molecule has 29 heavy (non-hydrogen) atoms. The molecule has 1 aliphatic rings. The van der Waals surface area contributed by atoms with Crippen LogP contribution in [0.5, 0.6) is 5.75 Å². The maximum Gasteiger partial charge on any atom is 0.211 e. The van der Waals surface area contributed by atoms with Crippen LogP contribution in [0.25, 0.3) is 6.08 Å². The van der Waals surface area contributed by atoms with E-state index < -0.39 is 0 Å². The predicted octanol–water partition coefficient (Wildman–Crippen LogP) is 5.79. The molecule has 146 valence electrons. The van der Waals surface area contributed by atoms with Crippen LogP contribution >= 0.6 is 11.6 Å². The van der Waals surface area contributed by atoms with Crippen LogP contribution < -0.4 is 14.5 Å². The van der Waals surface area contributed by atoms with Gasteiger partial charge in [0, 0.05) is 47.7 Å². The fraction of sp³-hybridized carbons (Fsp3) is 0.125. The molecule has 0 aromatic heterocycles. The monoisotopic (exact) mass is 404 g/mol. The summed E-state index contributed by atoms with van der Waals surface area (Å²) in [4.78, 5) is 17.2. The molecule has 4 nitrogen and oxygen atoms in total. The SMILES string of the molecule is COc1cc(N(C)C)ccc1C=C1C(=O)c2ccc(Cl)cc2N1c1ccccc1. The topological polar surface area (TPSA) is 32.8 Å². The zero-order valence-electron chi connectivity index (χ0n) is 16.5. The first-order chi connectivity index (χ1) is 14.0. The first-order valence-corrected chi connectivity index (χ1v) is 9.64. The highest BCUT2D eigenvalue weighted by molar-refractivity contribution is 6.32. The molecule has 0 unspecified atom stereocenters. The largest absolute Gasteiger partial charge is 0.496 e. The highest BCUT2D eigenvalue weighted by atomic mass is 35.5. The molecule has 3 aromatic carbocycles. The van der Waals surface area contributed by atoms with E-state index in [0.717, 1.165) is 22.6 Å². The number of hydrogen-bond donors (Lipinski definition) is 0. The number of carbonyl (C=O) groups excluding carboxylic acids is 1. The van der Waals surface area contributed by atoms with Crippen molar-refractivity contribution < 1.29 is 9.53 Å². The molecule has 5 heteroatoms. The van der Waals surface area contributed by atoms with Crippen LogP contribution in [0.4, 0.5) is 17.1 Å². The number of benzene rings is 3. The molecule has 4 rings (SSSR count).